The minimum Gasteiger partial charge on any atom is -0.273 e. The summed E-state index contributed by atoms with van der Waals surface area (Å²) < 4.78 is 12.1. The summed E-state index contributed by atoms with van der Waals surface area (Å²) in [5.74, 6) is 1.15. The van der Waals surface area contributed by atoms with Crippen LogP contribution < -0.4 is 0 Å². The molecule has 1 aromatic rings. The minimum atomic E-state index is -0.947. The van der Waals surface area contributed by atoms with Gasteiger partial charge in [0.05, 0.1) is 11.1 Å². The Hall–Kier alpha value is -1.49. The van der Waals surface area contributed by atoms with Crippen molar-refractivity contribution < 1.29 is 13.8 Å². The molecule has 2 amide bonds. The lowest BCUT2D eigenvalue weighted by atomic mass is 10.1. The van der Waals surface area contributed by atoms with E-state index in [1.54, 1.807) is 24.3 Å². The summed E-state index contributed by atoms with van der Waals surface area (Å²) >= 11 is 0. The summed E-state index contributed by atoms with van der Waals surface area (Å²) in [6.45, 7) is 0.256. The Morgan fingerprint density at radius 3 is 2.19 bits per heavy atom. The van der Waals surface area contributed by atoms with Gasteiger partial charge in [-0.2, -0.15) is 0 Å². The number of nitrogens with zero attached hydrogens (tertiary/aromatic N) is 1. The Morgan fingerprint density at radius 1 is 1.05 bits per heavy atom. The zero-order valence-corrected chi connectivity index (χ0v) is 12.7. The van der Waals surface area contributed by atoms with Crippen LogP contribution in [0.5, 0.6) is 0 Å². The fourth-order valence-corrected chi connectivity index (χ4v) is 4.57. The van der Waals surface area contributed by atoms with E-state index in [9.17, 15) is 13.8 Å². The van der Waals surface area contributed by atoms with Gasteiger partial charge in [-0.05, 0) is 30.9 Å². The van der Waals surface area contributed by atoms with Crippen molar-refractivity contribution in [2.45, 2.75) is 25.7 Å². The van der Waals surface area contributed by atoms with Crippen molar-refractivity contribution in [1.29, 1.82) is 0 Å². The molecule has 1 heterocycles. The Kier molecular flexibility index (Phi) is 4.19. The SMILES string of the molecule is O=C1c2ccccc2C(=O)N1CC[S@@](=O)CC1CCCC1. The van der Waals surface area contributed by atoms with Crippen molar-refractivity contribution in [3.05, 3.63) is 35.4 Å². The van der Waals surface area contributed by atoms with Crippen LogP contribution in [0.1, 0.15) is 46.4 Å². The van der Waals surface area contributed by atoms with E-state index >= 15 is 0 Å². The second-order valence-electron chi connectivity index (χ2n) is 5.77. The molecule has 2 aliphatic rings. The molecule has 4 nitrogen and oxygen atoms in total. The predicted octanol–water partition coefficient (Wildman–Crippen LogP) is 2.22. The average molecular weight is 305 g/mol. The van der Waals surface area contributed by atoms with E-state index in [2.05, 4.69) is 0 Å². The Labute approximate surface area is 127 Å². The molecule has 112 valence electrons. The quantitative estimate of drug-likeness (QED) is 0.784. The third kappa shape index (κ3) is 2.93. The van der Waals surface area contributed by atoms with Crippen molar-refractivity contribution >= 4 is 22.6 Å². The van der Waals surface area contributed by atoms with E-state index in [0.717, 1.165) is 0 Å². The molecule has 1 fully saturated rings. The molecule has 0 saturated heterocycles. The van der Waals surface area contributed by atoms with Crippen molar-refractivity contribution in [3.8, 4) is 0 Å². The molecule has 21 heavy (non-hydrogen) atoms. The van der Waals surface area contributed by atoms with Crippen LogP contribution in [-0.4, -0.2) is 39.0 Å². The smallest absolute Gasteiger partial charge is 0.261 e. The van der Waals surface area contributed by atoms with Crippen molar-refractivity contribution in [2.24, 2.45) is 5.92 Å². The molecule has 0 aromatic heterocycles. The summed E-state index contributed by atoms with van der Waals surface area (Å²) in [5, 5.41) is 0. The lowest BCUT2D eigenvalue weighted by molar-refractivity contribution is 0.0664. The number of carbonyl (C=O) groups excluding carboxylic acids is 2. The second-order valence-corrected chi connectivity index (χ2v) is 7.39. The second kappa shape index (κ2) is 6.10. The standard InChI is InChI=1S/C16H19NO3S/c18-15-13-7-3-4-8-14(13)16(19)17(15)9-10-21(20)11-12-5-1-2-6-12/h3-4,7-8,12H,1-2,5-6,9-11H2/t21-/m1/s1. The fourth-order valence-electron chi connectivity index (χ4n) is 3.16. The topological polar surface area (TPSA) is 54.5 Å². The zero-order valence-electron chi connectivity index (χ0n) is 11.9. The van der Waals surface area contributed by atoms with Gasteiger partial charge in [0.25, 0.3) is 11.8 Å². The van der Waals surface area contributed by atoms with Crippen LogP contribution in [0.25, 0.3) is 0 Å². The van der Waals surface area contributed by atoms with Crippen LogP contribution in [-0.2, 0) is 10.8 Å². The van der Waals surface area contributed by atoms with E-state index in [4.69, 9.17) is 0 Å². The van der Waals surface area contributed by atoms with Gasteiger partial charge < -0.3 is 0 Å². The Morgan fingerprint density at radius 2 is 1.62 bits per heavy atom. The maximum Gasteiger partial charge on any atom is 0.261 e. The first-order chi connectivity index (χ1) is 10.2. The van der Waals surface area contributed by atoms with Crippen LogP contribution in [0.4, 0.5) is 0 Å². The monoisotopic (exact) mass is 305 g/mol. The highest BCUT2D eigenvalue weighted by Crippen LogP contribution is 2.26. The Balaban J connectivity index is 1.58. The number of fused-ring (bicyclic) bond motifs is 1. The number of imide groups is 1. The first-order valence-corrected chi connectivity index (χ1v) is 8.96. The fraction of sp³-hybridized carbons (Fsp3) is 0.500. The summed E-state index contributed by atoms with van der Waals surface area (Å²) in [4.78, 5) is 25.6. The van der Waals surface area contributed by atoms with Gasteiger partial charge in [-0.25, -0.2) is 0 Å². The van der Waals surface area contributed by atoms with Gasteiger partial charge >= 0.3 is 0 Å². The number of hydrogen-bond acceptors (Lipinski definition) is 3. The van der Waals surface area contributed by atoms with Gasteiger partial charge in [0.15, 0.2) is 0 Å². The molecule has 1 aromatic carbocycles. The van der Waals surface area contributed by atoms with Gasteiger partial charge in [-0.3, -0.25) is 18.7 Å². The van der Waals surface area contributed by atoms with E-state index in [0.29, 0.717) is 28.6 Å². The molecular formula is C16H19NO3S. The molecule has 0 unspecified atom stereocenters. The summed E-state index contributed by atoms with van der Waals surface area (Å²) in [6, 6.07) is 6.85. The highest BCUT2D eigenvalue weighted by molar-refractivity contribution is 7.85. The first-order valence-electron chi connectivity index (χ1n) is 7.47. The summed E-state index contributed by atoms with van der Waals surface area (Å²) in [5.41, 5.74) is 0.924. The molecule has 1 aliphatic carbocycles. The molecule has 3 rings (SSSR count). The number of amides is 2. The summed E-state index contributed by atoms with van der Waals surface area (Å²) in [7, 11) is -0.947. The van der Waals surface area contributed by atoms with Crippen LogP contribution in [0.3, 0.4) is 0 Å². The van der Waals surface area contributed by atoms with Gasteiger partial charge in [0, 0.05) is 28.9 Å². The van der Waals surface area contributed by atoms with Crippen molar-refractivity contribution in [2.75, 3.05) is 18.1 Å². The van der Waals surface area contributed by atoms with Crippen molar-refractivity contribution in [1.82, 2.24) is 4.90 Å². The highest BCUT2D eigenvalue weighted by Gasteiger charge is 2.34. The summed E-state index contributed by atoms with van der Waals surface area (Å²) in [6.07, 6.45) is 4.80. The third-order valence-corrected chi connectivity index (χ3v) is 5.80. The largest absolute Gasteiger partial charge is 0.273 e. The van der Waals surface area contributed by atoms with E-state index in [-0.39, 0.29) is 18.4 Å². The van der Waals surface area contributed by atoms with Gasteiger partial charge in [-0.1, -0.05) is 25.0 Å². The van der Waals surface area contributed by atoms with E-state index < -0.39 is 10.8 Å². The number of rotatable bonds is 5. The average Bonchev–Trinajstić information content (AvgIpc) is 3.07. The van der Waals surface area contributed by atoms with Gasteiger partial charge in [0.2, 0.25) is 0 Å². The van der Waals surface area contributed by atoms with Crippen LogP contribution in [0.15, 0.2) is 24.3 Å². The van der Waals surface area contributed by atoms with Crippen LogP contribution in [0.2, 0.25) is 0 Å². The molecule has 1 atom stereocenters. The van der Waals surface area contributed by atoms with E-state index in [1.807, 2.05) is 0 Å². The van der Waals surface area contributed by atoms with Crippen LogP contribution >= 0.6 is 0 Å². The zero-order chi connectivity index (χ0) is 14.8. The number of benzene rings is 1. The molecule has 1 saturated carbocycles. The normalized spacial score (nSPS) is 20.1. The molecule has 0 spiro atoms. The van der Waals surface area contributed by atoms with Crippen LogP contribution in [0, 0.1) is 5.92 Å². The predicted molar refractivity (Wildman–Crippen MR) is 81.6 cm³/mol. The van der Waals surface area contributed by atoms with Gasteiger partial charge in [0.1, 0.15) is 0 Å². The lowest BCUT2D eigenvalue weighted by Crippen LogP contribution is -2.34. The lowest BCUT2D eigenvalue weighted by Gasteiger charge is -2.14. The third-order valence-electron chi connectivity index (χ3n) is 4.32. The molecule has 1 aliphatic heterocycles. The molecule has 0 radical (unpaired) electrons. The minimum absolute atomic E-state index is 0.256. The van der Waals surface area contributed by atoms with E-state index in [1.165, 1.54) is 30.6 Å². The molecule has 0 N–H and O–H groups in total. The number of hydrogen-bond donors (Lipinski definition) is 0. The maximum absolute atomic E-state index is 12.2. The molecule has 5 heteroatoms. The molecular weight excluding hydrogens is 286 g/mol. The van der Waals surface area contributed by atoms with Gasteiger partial charge in [-0.15, -0.1) is 0 Å². The molecule has 0 bridgehead atoms. The Bertz CT molecular complexity index is 558. The highest BCUT2D eigenvalue weighted by atomic mass is 32.2. The maximum atomic E-state index is 12.2. The van der Waals surface area contributed by atoms with Crippen molar-refractivity contribution in [3.63, 3.8) is 0 Å². The first kappa shape index (κ1) is 14.4. The number of carbonyl (C=O) groups is 2.